The lowest BCUT2D eigenvalue weighted by molar-refractivity contribution is 0.0689. The van der Waals surface area contributed by atoms with E-state index in [-0.39, 0.29) is 5.69 Å². The predicted molar refractivity (Wildman–Crippen MR) is 92.1 cm³/mol. The highest BCUT2D eigenvalue weighted by molar-refractivity contribution is 7.98. The molecule has 5 nitrogen and oxygen atoms in total. The second-order valence-corrected chi connectivity index (χ2v) is 6.39. The van der Waals surface area contributed by atoms with Crippen LogP contribution in [0.5, 0.6) is 5.75 Å². The zero-order valence-corrected chi connectivity index (χ0v) is 13.7. The number of rotatable bonds is 3. The first kappa shape index (κ1) is 14.8. The van der Waals surface area contributed by atoms with Gasteiger partial charge in [-0.25, -0.2) is 9.48 Å². The highest BCUT2D eigenvalue weighted by atomic mass is 32.2. The summed E-state index contributed by atoms with van der Waals surface area (Å²) in [6.07, 6.45) is 0. The molecule has 0 spiro atoms. The predicted octanol–water partition coefficient (Wildman–Crippen LogP) is 3.85. The Morgan fingerprint density at radius 1 is 1.21 bits per heavy atom. The van der Waals surface area contributed by atoms with Crippen LogP contribution in [-0.4, -0.2) is 28.0 Å². The second-order valence-electron chi connectivity index (χ2n) is 5.38. The van der Waals surface area contributed by atoms with Gasteiger partial charge in [-0.15, -0.1) is 11.8 Å². The molecule has 0 fully saturated rings. The molecule has 0 amide bonds. The summed E-state index contributed by atoms with van der Waals surface area (Å²) >= 11 is 1.64. The normalized spacial score (nSPS) is 12.4. The maximum absolute atomic E-state index is 11.6. The van der Waals surface area contributed by atoms with Gasteiger partial charge in [0.05, 0.1) is 18.5 Å². The molecule has 1 N–H and O–H groups in total. The van der Waals surface area contributed by atoms with Gasteiger partial charge in [-0.3, -0.25) is 0 Å². The van der Waals surface area contributed by atoms with Crippen LogP contribution < -0.4 is 4.74 Å². The Bertz CT molecular complexity index is 932. The summed E-state index contributed by atoms with van der Waals surface area (Å²) in [5.74, 6) is 0.345. The van der Waals surface area contributed by atoms with Crippen molar-refractivity contribution in [1.29, 1.82) is 0 Å². The lowest BCUT2D eigenvalue weighted by atomic mass is 10.1. The van der Waals surface area contributed by atoms with E-state index in [1.807, 2.05) is 42.5 Å². The number of benzene rings is 2. The number of carboxylic acid groups (broad SMARTS) is 1. The molecule has 0 saturated carbocycles. The van der Waals surface area contributed by atoms with E-state index >= 15 is 0 Å². The quantitative estimate of drug-likeness (QED) is 0.786. The van der Waals surface area contributed by atoms with Crippen molar-refractivity contribution in [2.45, 2.75) is 10.6 Å². The van der Waals surface area contributed by atoms with E-state index in [4.69, 9.17) is 4.74 Å². The molecule has 2 heterocycles. The molecule has 1 aromatic heterocycles. The van der Waals surface area contributed by atoms with Gasteiger partial charge in [0.2, 0.25) is 0 Å². The highest BCUT2D eigenvalue weighted by Gasteiger charge is 2.28. The van der Waals surface area contributed by atoms with Crippen LogP contribution in [0, 0.1) is 0 Å². The van der Waals surface area contributed by atoms with E-state index in [1.165, 1.54) is 0 Å². The van der Waals surface area contributed by atoms with Gasteiger partial charge < -0.3 is 9.84 Å². The first-order valence-corrected chi connectivity index (χ1v) is 8.39. The van der Waals surface area contributed by atoms with Crippen LogP contribution >= 0.6 is 11.8 Å². The number of carbonyl (C=O) groups is 1. The number of ether oxygens (including phenoxy) is 1. The summed E-state index contributed by atoms with van der Waals surface area (Å²) in [5.41, 5.74) is 3.55. The van der Waals surface area contributed by atoms with Gasteiger partial charge >= 0.3 is 5.97 Å². The molecule has 1 aliphatic rings. The van der Waals surface area contributed by atoms with Crippen LogP contribution in [0.2, 0.25) is 0 Å². The zero-order valence-electron chi connectivity index (χ0n) is 12.9. The number of aromatic carboxylic acids is 1. The van der Waals surface area contributed by atoms with Gasteiger partial charge in [0.1, 0.15) is 5.75 Å². The molecule has 2 aromatic carbocycles. The summed E-state index contributed by atoms with van der Waals surface area (Å²) in [6.45, 7) is 0. The molecule has 1 aliphatic heterocycles. The van der Waals surface area contributed by atoms with Crippen molar-refractivity contribution < 1.29 is 14.6 Å². The number of fused-ring (bicyclic) bond motifs is 3. The zero-order chi connectivity index (χ0) is 16.7. The minimum atomic E-state index is -1.00. The second kappa shape index (κ2) is 5.72. The summed E-state index contributed by atoms with van der Waals surface area (Å²) in [5, 5.41) is 13.9. The highest BCUT2D eigenvalue weighted by Crippen LogP contribution is 2.43. The van der Waals surface area contributed by atoms with Gasteiger partial charge in [0.15, 0.2) is 5.69 Å². The molecule has 0 radical (unpaired) electrons. The Kier molecular flexibility index (Phi) is 3.54. The van der Waals surface area contributed by atoms with Gasteiger partial charge in [-0.05, 0) is 30.3 Å². The third-order valence-electron chi connectivity index (χ3n) is 4.02. The molecule has 0 bridgehead atoms. The molecule has 24 heavy (non-hydrogen) atoms. The number of carboxylic acids is 1. The molecule has 3 aromatic rings. The number of thioether (sulfide) groups is 1. The Balaban J connectivity index is 1.97. The minimum Gasteiger partial charge on any atom is -0.497 e. The van der Waals surface area contributed by atoms with E-state index < -0.39 is 5.97 Å². The number of hydrogen-bond donors (Lipinski definition) is 1. The van der Waals surface area contributed by atoms with Crippen molar-refractivity contribution in [1.82, 2.24) is 9.78 Å². The average molecular weight is 338 g/mol. The number of nitrogens with zero attached hydrogens (tertiary/aromatic N) is 2. The van der Waals surface area contributed by atoms with Crippen molar-refractivity contribution in [3.63, 3.8) is 0 Å². The van der Waals surface area contributed by atoms with E-state index in [9.17, 15) is 9.90 Å². The van der Waals surface area contributed by atoms with Crippen LogP contribution in [0.15, 0.2) is 53.4 Å². The fourth-order valence-corrected chi connectivity index (χ4v) is 3.95. The van der Waals surface area contributed by atoms with E-state index in [0.717, 1.165) is 33.2 Å². The fourth-order valence-electron chi connectivity index (χ4n) is 2.88. The van der Waals surface area contributed by atoms with Crippen LogP contribution in [0.25, 0.3) is 16.9 Å². The Hall–Kier alpha value is -2.73. The largest absolute Gasteiger partial charge is 0.497 e. The van der Waals surface area contributed by atoms with Crippen molar-refractivity contribution in [3.05, 3.63) is 59.8 Å². The molecular weight excluding hydrogens is 324 g/mol. The molecule has 0 atom stereocenters. The fraction of sp³-hybridized carbons (Fsp3) is 0.111. The maximum Gasteiger partial charge on any atom is 0.356 e. The Morgan fingerprint density at radius 2 is 1.96 bits per heavy atom. The smallest absolute Gasteiger partial charge is 0.356 e. The maximum atomic E-state index is 11.6. The van der Waals surface area contributed by atoms with Crippen molar-refractivity contribution >= 4 is 17.7 Å². The minimum absolute atomic E-state index is 0.114. The van der Waals surface area contributed by atoms with Gasteiger partial charge in [0, 0.05) is 21.8 Å². The molecule has 0 unspecified atom stereocenters. The first-order chi connectivity index (χ1) is 11.7. The molecule has 0 saturated heterocycles. The van der Waals surface area contributed by atoms with Crippen LogP contribution in [0.3, 0.4) is 0 Å². The van der Waals surface area contributed by atoms with Crippen molar-refractivity contribution in [3.8, 4) is 22.7 Å². The standard InChI is InChI=1S/C18H14N2O3S/c1-23-12-8-6-11(7-9-12)20-17-13-4-2-3-5-15(13)24-10-14(17)16(19-20)18(21)22/h2-9H,10H2,1H3,(H,21,22). The molecular formula is C18H14N2O3S. The third-order valence-corrected chi connectivity index (χ3v) is 5.12. The lowest BCUT2D eigenvalue weighted by Crippen LogP contribution is -2.03. The number of hydrogen-bond acceptors (Lipinski definition) is 4. The van der Waals surface area contributed by atoms with Gasteiger partial charge in [0.25, 0.3) is 0 Å². The SMILES string of the molecule is COc1ccc(-n2nc(C(=O)O)c3c2-c2ccccc2SC3)cc1. The van der Waals surface area contributed by atoms with Crippen LogP contribution in [0.1, 0.15) is 16.1 Å². The first-order valence-electron chi connectivity index (χ1n) is 7.41. The molecule has 6 heteroatoms. The molecule has 0 aliphatic carbocycles. The van der Waals surface area contributed by atoms with Crippen LogP contribution in [-0.2, 0) is 5.75 Å². The van der Waals surface area contributed by atoms with E-state index in [1.54, 1.807) is 23.6 Å². The summed E-state index contributed by atoms with van der Waals surface area (Å²) in [7, 11) is 1.61. The van der Waals surface area contributed by atoms with Gasteiger partial charge in [-0.2, -0.15) is 5.10 Å². The molecule has 4 rings (SSSR count). The van der Waals surface area contributed by atoms with Crippen LogP contribution in [0.4, 0.5) is 0 Å². The molecule has 120 valence electrons. The lowest BCUT2D eigenvalue weighted by Gasteiger charge is -2.18. The topological polar surface area (TPSA) is 64.4 Å². The summed E-state index contributed by atoms with van der Waals surface area (Å²) in [6, 6.07) is 15.4. The Labute approximate surface area is 142 Å². The van der Waals surface area contributed by atoms with Crippen molar-refractivity contribution in [2.24, 2.45) is 0 Å². The Morgan fingerprint density at radius 3 is 2.67 bits per heavy atom. The third kappa shape index (κ3) is 2.27. The summed E-state index contributed by atoms with van der Waals surface area (Å²) in [4.78, 5) is 12.8. The van der Waals surface area contributed by atoms with E-state index in [2.05, 4.69) is 11.2 Å². The van der Waals surface area contributed by atoms with E-state index in [0.29, 0.717) is 5.75 Å². The summed E-state index contributed by atoms with van der Waals surface area (Å²) < 4.78 is 6.91. The monoisotopic (exact) mass is 338 g/mol. The number of methoxy groups -OCH3 is 1. The average Bonchev–Trinajstić information content (AvgIpc) is 3.02. The number of aromatic nitrogens is 2. The van der Waals surface area contributed by atoms with Crippen molar-refractivity contribution in [2.75, 3.05) is 7.11 Å². The van der Waals surface area contributed by atoms with Gasteiger partial charge in [-0.1, -0.05) is 18.2 Å².